The van der Waals surface area contributed by atoms with Gasteiger partial charge in [0.05, 0.1) is 13.1 Å². The zero-order valence-corrected chi connectivity index (χ0v) is 16.2. The van der Waals surface area contributed by atoms with Crippen LogP contribution in [-0.4, -0.2) is 49.2 Å². The first-order valence-corrected chi connectivity index (χ1v) is 9.77. The second-order valence-corrected chi connectivity index (χ2v) is 7.96. The Morgan fingerprint density at radius 1 is 1.36 bits per heavy atom. The molecule has 3 heterocycles. The maximum atomic E-state index is 4.49. The highest BCUT2D eigenvalue weighted by atomic mass is 35.5. The summed E-state index contributed by atoms with van der Waals surface area (Å²) in [5.41, 5.74) is 0.506. The van der Waals surface area contributed by atoms with Gasteiger partial charge in [-0.1, -0.05) is 6.92 Å². The lowest BCUT2D eigenvalue weighted by Crippen LogP contribution is -2.36. The molecule has 4 rings (SSSR count). The second kappa shape index (κ2) is 8.07. The molecule has 1 saturated carbocycles. The van der Waals surface area contributed by atoms with Crippen molar-refractivity contribution in [3.05, 3.63) is 22.4 Å². The fraction of sp³-hybridized carbons (Fsp3) is 0.750. The van der Waals surface area contributed by atoms with E-state index in [1.807, 2.05) is 10.9 Å². The van der Waals surface area contributed by atoms with Crippen LogP contribution in [0.3, 0.4) is 0 Å². The molecule has 0 bridgehead atoms. The molecule has 0 radical (unpaired) electrons. The maximum Gasteiger partial charge on any atom is 0.165 e. The number of aryl methyl sites for hydroxylation is 1. The van der Waals surface area contributed by atoms with E-state index in [0.29, 0.717) is 11.5 Å². The summed E-state index contributed by atoms with van der Waals surface area (Å²) in [7, 11) is 0. The van der Waals surface area contributed by atoms with Gasteiger partial charge >= 0.3 is 0 Å². The number of tetrazole rings is 1. The van der Waals surface area contributed by atoms with E-state index in [0.717, 1.165) is 45.0 Å². The smallest absolute Gasteiger partial charge is 0.165 e. The van der Waals surface area contributed by atoms with Crippen LogP contribution in [0.1, 0.15) is 43.4 Å². The lowest BCUT2D eigenvalue weighted by molar-refractivity contribution is 0.181. The van der Waals surface area contributed by atoms with Gasteiger partial charge in [0.15, 0.2) is 5.82 Å². The fourth-order valence-electron chi connectivity index (χ4n) is 3.99. The van der Waals surface area contributed by atoms with Crippen molar-refractivity contribution in [1.82, 2.24) is 35.4 Å². The number of halogens is 1. The van der Waals surface area contributed by atoms with Crippen molar-refractivity contribution in [3.8, 4) is 0 Å². The summed E-state index contributed by atoms with van der Waals surface area (Å²) in [4.78, 5) is 7.05. The average Bonchev–Trinajstić information content (AvgIpc) is 2.98. The molecule has 1 unspecified atom stereocenters. The van der Waals surface area contributed by atoms with E-state index in [1.54, 1.807) is 11.3 Å². The van der Waals surface area contributed by atoms with Gasteiger partial charge in [-0.2, -0.15) is 0 Å². The monoisotopic (exact) mass is 383 g/mol. The van der Waals surface area contributed by atoms with Crippen molar-refractivity contribution in [1.29, 1.82) is 0 Å². The number of aromatic nitrogens is 5. The second-order valence-electron chi connectivity index (χ2n) is 6.98. The third kappa shape index (κ3) is 4.02. The first-order valence-electron chi connectivity index (χ1n) is 8.89. The van der Waals surface area contributed by atoms with Crippen LogP contribution in [0.2, 0.25) is 0 Å². The quantitative estimate of drug-likeness (QED) is 0.789. The fourth-order valence-corrected chi connectivity index (χ4v) is 4.63. The van der Waals surface area contributed by atoms with Gasteiger partial charge in [0.2, 0.25) is 0 Å². The van der Waals surface area contributed by atoms with Gasteiger partial charge in [-0.15, -0.1) is 28.8 Å². The van der Waals surface area contributed by atoms with Crippen molar-refractivity contribution < 1.29 is 0 Å². The van der Waals surface area contributed by atoms with Gasteiger partial charge in [0.1, 0.15) is 5.01 Å². The zero-order chi connectivity index (χ0) is 16.4. The number of nitrogens with zero attached hydrogens (tertiary/aromatic N) is 6. The number of rotatable bonds is 7. The van der Waals surface area contributed by atoms with Crippen LogP contribution in [-0.2, 0) is 19.6 Å². The summed E-state index contributed by atoms with van der Waals surface area (Å²) in [5, 5.41) is 19.0. The molecule has 138 valence electrons. The minimum absolute atomic E-state index is 0. The number of nitrogens with one attached hydrogen (secondary N) is 1. The molecule has 1 N–H and O–H groups in total. The summed E-state index contributed by atoms with van der Waals surface area (Å²) >= 11 is 1.74. The van der Waals surface area contributed by atoms with Crippen LogP contribution in [0.25, 0.3) is 0 Å². The lowest BCUT2D eigenvalue weighted by atomic mass is 9.93. The highest BCUT2D eigenvalue weighted by Crippen LogP contribution is 2.56. The average molecular weight is 384 g/mol. The Morgan fingerprint density at radius 2 is 2.20 bits per heavy atom. The Balaban J connectivity index is 0.00000182. The largest absolute Gasteiger partial charge is 0.317 e. The molecule has 0 aromatic carbocycles. The molecule has 0 amide bonds. The van der Waals surface area contributed by atoms with E-state index in [2.05, 4.69) is 43.0 Å². The van der Waals surface area contributed by atoms with E-state index in [1.165, 1.54) is 24.3 Å². The van der Waals surface area contributed by atoms with Crippen molar-refractivity contribution >= 4 is 23.7 Å². The molecular weight excluding hydrogens is 358 g/mol. The summed E-state index contributed by atoms with van der Waals surface area (Å²) < 4.78 is 1.95. The van der Waals surface area contributed by atoms with Gasteiger partial charge in [-0.25, -0.2) is 9.67 Å². The van der Waals surface area contributed by atoms with E-state index >= 15 is 0 Å². The summed E-state index contributed by atoms with van der Waals surface area (Å²) in [6, 6.07) is 0.635. The third-order valence-corrected chi connectivity index (χ3v) is 6.16. The number of hydrogen-bond acceptors (Lipinski definition) is 7. The molecular formula is C16H26ClN7S. The topological polar surface area (TPSA) is 71.8 Å². The van der Waals surface area contributed by atoms with E-state index in [-0.39, 0.29) is 12.4 Å². The van der Waals surface area contributed by atoms with Crippen molar-refractivity contribution in [2.75, 3.05) is 13.1 Å². The number of hydrogen-bond donors (Lipinski definition) is 1. The van der Waals surface area contributed by atoms with Crippen LogP contribution in [0.4, 0.5) is 0 Å². The predicted molar refractivity (Wildman–Crippen MR) is 99.7 cm³/mol. The predicted octanol–water partition coefficient (Wildman–Crippen LogP) is 2.11. The zero-order valence-electron chi connectivity index (χ0n) is 14.6. The maximum absolute atomic E-state index is 4.49. The molecule has 1 saturated heterocycles. The van der Waals surface area contributed by atoms with Crippen molar-refractivity contribution in [3.63, 3.8) is 0 Å². The SMILES string of the molecule is CCCn1nnnc1CN(Cc1nccs1)C1CC12CCNCC2.Cl. The first kappa shape index (κ1) is 18.7. The van der Waals surface area contributed by atoms with Crippen molar-refractivity contribution in [2.45, 2.75) is 58.3 Å². The molecule has 2 aromatic rings. The summed E-state index contributed by atoms with van der Waals surface area (Å²) in [5.74, 6) is 0.976. The molecule has 2 aromatic heterocycles. The third-order valence-electron chi connectivity index (χ3n) is 5.39. The van der Waals surface area contributed by atoms with Crippen LogP contribution in [0.5, 0.6) is 0 Å². The molecule has 1 aliphatic carbocycles. The molecule has 1 aliphatic heterocycles. The van der Waals surface area contributed by atoms with E-state index in [9.17, 15) is 0 Å². The minimum atomic E-state index is 0. The molecule has 1 atom stereocenters. The van der Waals surface area contributed by atoms with Crippen LogP contribution >= 0.6 is 23.7 Å². The number of thiazole rings is 1. The highest BCUT2D eigenvalue weighted by molar-refractivity contribution is 7.09. The first-order chi connectivity index (χ1) is 11.8. The summed E-state index contributed by atoms with van der Waals surface area (Å²) in [6.45, 7) is 7.05. The van der Waals surface area contributed by atoms with Crippen LogP contribution < -0.4 is 5.32 Å². The van der Waals surface area contributed by atoms with E-state index < -0.39 is 0 Å². The molecule has 9 heteroatoms. The van der Waals surface area contributed by atoms with Gasteiger partial charge < -0.3 is 5.32 Å². The Labute approximate surface area is 158 Å². The highest BCUT2D eigenvalue weighted by Gasteiger charge is 2.56. The van der Waals surface area contributed by atoms with Gasteiger partial charge in [-0.05, 0) is 54.6 Å². The van der Waals surface area contributed by atoms with Crippen LogP contribution in [0.15, 0.2) is 11.6 Å². The Bertz CT molecular complexity index is 653. The molecule has 7 nitrogen and oxygen atoms in total. The van der Waals surface area contributed by atoms with Gasteiger partial charge in [-0.3, -0.25) is 4.90 Å². The molecule has 2 fully saturated rings. The standard InChI is InChI=1S/C16H25N7S.ClH/c1-2-8-23-14(19-20-21-23)11-22(12-15-18-7-9-24-15)13-10-16(13)3-5-17-6-4-16;/h7,9,13,17H,2-6,8,10-12H2,1H3;1H. The molecule has 2 aliphatic rings. The summed E-state index contributed by atoms with van der Waals surface area (Å²) in [6.07, 6.45) is 6.81. The van der Waals surface area contributed by atoms with Gasteiger partial charge in [0.25, 0.3) is 0 Å². The normalized spacial score (nSPS) is 21.4. The lowest BCUT2D eigenvalue weighted by Gasteiger charge is -2.28. The Kier molecular flexibility index (Phi) is 6.04. The van der Waals surface area contributed by atoms with Gasteiger partial charge in [0, 0.05) is 24.2 Å². The Morgan fingerprint density at radius 3 is 2.92 bits per heavy atom. The van der Waals surface area contributed by atoms with Crippen LogP contribution in [0, 0.1) is 5.41 Å². The minimum Gasteiger partial charge on any atom is -0.317 e. The van der Waals surface area contributed by atoms with Crippen molar-refractivity contribution in [2.24, 2.45) is 5.41 Å². The Hall–Kier alpha value is -1.09. The van der Waals surface area contributed by atoms with E-state index in [4.69, 9.17) is 0 Å². The molecule has 1 spiro atoms. The molecule has 25 heavy (non-hydrogen) atoms. The number of piperidine rings is 1.